The van der Waals surface area contributed by atoms with Gasteiger partial charge in [-0.1, -0.05) is 12.1 Å². The number of ether oxygens (including phenoxy) is 1. The van der Waals surface area contributed by atoms with Crippen molar-refractivity contribution >= 4 is 23.4 Å². The minimum absolute atomic E-state index is 0.112. The predicted octanol–water partition coefficient (Wildman–Crippen LogP) is 1.96. The van der Waals surface area contributed by atoms with Crippen molar-refractivity contribution in [1.29, 1.82) is 0 Å². The van der Waals surface area contributed by atoms with E-state index in [0.717, 1.165) is 12.8 Å². The molecule has 3 rings (SSSR count). The van der Waals surface area contributed by atoms with Gasteiger partial charge in [0.1, 0.15) is 5.75 Å². The molecule has 0 radical (unpaired) electrons. The molecule has 0 bridgehead atoms. The number of methoxy groups -OCH3 is 1. The lowest BCUT2D eigenvalue weighted by molar-refractivity contribution is -0.115. The molecule has 0 heterocycles. The molecule has 7 heteroatoms. The average Bonchev–Trinajstić information content (AvgIpc) is 3.50. The lowest BCUT2D eigenvalue weighted by Gasteiger charge is -2.10. The first kappa shape index (κ1) is 18.4. The summed E-state index contributed by atoms with van der Waals surface area (Å²) >= 11 is 0. The standard InChI is InChI=1S/C20H21N3O4/c1-27-17-5-3-2-4-16(17)20(26)21-12-18(24)22-14-8-6-13(7-9-14)19(25)23-15-10-11-15/h2-9,15H,10-12H2,1H3,(H,21,26)(H,22,24)(H,23,25). The predicted molar refractivity (Wildman–Crippen MR) is 101 cm³/mol. The Bertz CT molecular complexity index is 845. The van der Waals surface area contributed by atoms with E-state index in [-0.39, 0.29) is 18.4 Å². The van der Waals surface area contributed by atoms with Gasteiger partial charge in [-0.05, 0) is 49.2 Å². The highest BCUT2D eigenvalue weighted by Crippen LogP contribution is 2.20. The third kappa shape index (κ3) is 5.07. The van der Waals surface area contributed by atoms with Crippen molar-refractivity contribution in [3.63, 3.8) is 0 Å². The van der Waals surface area contributed by atoms with Crippen molar-refractivity contribution < 1.29 is 19.1 Å². The molecule has 7 nitrogen and oxygen atoms in total. The summed E-state index contributed by atoms with van der Waals surface area (Å²) < 4.78 is 5.13. The third-order valence-corrected chi connectivity index (χ3v) is 4.10. The Hall–Kier alpha value is -3.35. The fourth-order valence-electron chi connectivity index (χ4n) is 2.49. The van der Waals surface area contributed by atoms with E-state index >= 15 is 0 Å². The van der Waals surface area contributed by atoms with Crippen LogP contribution in [0.3, 0.4) is 0 Å². The van der Waals surface area contributed by atoms with Crippen molar-refractivity contribution in [3.8, 4) is 5.75 Å². The van der Waals surface area contributed by atoms with Gasteiger partial charge < -0.3 is 20.7 Å². The van der Waals surface area contributed by atoms with Crippen LogP contribution >= 0.6 is 0 Å². The summed E-state index contributed by atoms with van der Waals surface area (Å²) in [5.74, 6) is -0.432. The minimum Gasteiger partial charge on any atom is -0.496 e. The Morgan fingerprint density at radius 3 is 2.37 bits per heavy atom. The van der Waals surface area contributed by atoms with Gasteiger partial charge in [0.2, 0.25) is 5.91 Å². The highest BCUT2D eigenvalue weighted by atomic mass is 16.5. The fourth-order valence-corrected chi connectivity index (χ4v) is 2.49. The molecule has 1 aliphatic carbocycles. The quantitative estimate of drug-likeness (QED) is 0.697. The maximum atomic E-state index is 12.2. The Balaban J connectivity index is 1.50. The highest BCUT2D eigenvalue weighted by molar-refractivity contribution is 6.01. The van der Waals surface area contributed by atoms with Crippen LogP contribution in [-0.4, -0.2) is 37.4 Å². The lowest BCUT2D eigenvalue weighted by Crippen LogP contribution is -2.33. The number of carbonyl (C=O) groups excluding carboxylic acids is 3. The maximum absolute atomic E-state index is 12.2. The third-order valence-electron chi connectivity index (χ3n) is 4.10. The molecule has 2 aromatic carbocycles. The van der Waals surface area contributed by atoms with Crippen molar-refractivity contribution in [1.82, 2.24) is 10.6 Å². The average molecular weight is 367 g/mol. The summed E-state index contributed by atoms with van der Waals surface area (Å²) in [6.07, 6.45) is 2.06. The highest BCUT2D eigenvalue weighted by Gasteiger charge is 2.23. The van der Waals surface area contributed by atoms with E-state index in [2.05, 4.69) is 16.0 Å². The van der Waals surface area contributed by atoms with Crippen LogP contribution in [0.15, 0.2) is 48.5 Å². The SMILES string of the molecule is COc1ccccc1C(=O)NCC(=O)Nc1ccc(C(=O)NC2CC2)cc1. The fraction of sp³-hybridized carbons (Fsp3) is 0.250. The number of benzene rings is 2. The van der Waals surface area contributed by atoms with Gasteiger partial charge in [0.25, 0.3) is 11.8 Å². The zero-order chi connectivity index (χ0) is 19.2. The number of anilines is 1. The summed E-state index contributed by atoms with van der Waals surface area (Å²) in [6, 6.07) is 13.7. The number of amides is 3. The molecule has 1 saturated carbocycles. The molecule has 0 aromatic heterocycles. The molecule has 0 atom stereocenters. The van der Waals surface area contributed by atoms with E-state index in [9.17, 15) is 14.4 Å². The van der Waals surface area contributed by atoms with Crippen molar-refractivity contribution in [2.75, 3.05) is 19.0 Å². The number of nitrogens with one attached hydrogen (secondary N) is 3. The van der Waals surface area contributed by atoms with Gasteiger partial charge in [0.15, 0.2) is 0 Å². The zero-order valence-electron chi connectivity index (χ0n) is 15.0. The minimum atomic E-state index is -0.394. The Morgan fingerprint density at radius 2 is 1.70 bits per heavy atom. The summed E-state index contributed by atoms with van der Waals surface area (Å²) in [4.78, 5) is 36.2. The van der Waals surface area contributed by atoms with Crippen molar-refractivity contribution in [2.24, 2.45) is 0 Å². The first-order valence-electron chi connectivity index (χ1n) is 8.69. The summed E-state index contributed by atoms with van der Waals surface area (Å²) in [5.41, 5.74) is 1.46. The second-order valence-corrected chi connectivity index (χ2v) is 6.26. The number of hydrogen-bond acceptors (Lipinski definition) is 4. The van der Waals surface area contributed by atoms with Gasteiger partial charge in [-0.2, -0.15) is 0 Å². The Kier molecular flexibility index (Phi) is 5.71. The monoisotopic (exact) mass is 367 g/mol. The first-order valence-corrected chi connectivity index (χ1v) is 8.69. The number of para-hydroxylation sites is 1. The Morgan fingerprint density at radius 1 is 1.00 bits per heavy atom. The summed E-state index contributed by atoms with van der Waals surface area (Å²) in [5, 5.41) is 8.14. The molecule has 1 aliphatic rings. The van der Waals surface area contributed by atoms with Gasteiger partial charge in [-0.15, -0.1) is 0 Å². The van der Waals surface area contributed by atoms with Crippen LogP contribution < -0.4 is 20.7 Å². The molecule has 3 amide bonds. The van der Waals surface area contributed by atoms with E-state index in [0.29, 0.717) is 28.6 Å². The molecule has 0 aliphatic heterocycles. The van der Waals surface area contributed by atoms with E-state index < -0.39 is 5.91 Å². The molecule has 27 heavy (non-hydrogen) atoms. The van der Waals surface area contributed by atoms with Gasteiger partial charge in [0, 0.05) is 17.3 Å². The topological polar surface area (TPSA) is 96.5 Å². The maximum Gasteiger partial charge on any atom is 0.255 e. The van der Waals surface area contributed by atoms with Gasteiger partial charge in [-0.25, -0.2) is 0 Å². The lowest BCUT2D eigenvalue weighted by atomic mass is 10.2. The Labute approximate surface area is 157 Å². The molecular formula is C20H21N3O4. The van der Waals surface area contributed by atoms with E-state index in [4.69, 9.17) is 4.74 Å². The van der Waals surface area contributed by atoms with E-state index in [1.54, 1.807) is 48.5 Å². The molecule has 3 N–H and O–H groups in total. The normalized spacial score (nSPS) is 12.8. The zero-order valence-corrected chi connectivity index (χ0v) is 15.0. The molecule has 2 aromatic rings. The largest absolute Gasteiger partial charge is 0.496 e. The summed E-state index contributed by atoms with van der Waals surface area (Å²) in [7, 11) is 1.48. The smallest absolute Gasteiger partial charge is 0.255 e. The number of rotatable bonds is 7. The van der Waals surface area contributed by atoms with Crippen LogP contribution in [0.25, 0.3) is 0 Å². The molecule has 140 valence electrons. The second kappa shape index (κ2) is 8.35. The van der Waals surface area contributed by atoms with E-state index in [1.807, 2.05) is 0 Å². The van der Waals surface area contributed by atoms with Crippen LogP contribution in [0.2, 0.25) is 0 Å². The van der Waals surface area contributed by atoms with Crippen LogP contribution in [0.1, 0.15) is 33.6 Å². The van der Waals surface area contributed by atoms with Crippen LogP contribution in [0.5, 0.6) is 5.75 Å². The van der Waals surface area contributed by atoms with E-state index in [1.165, 1.54) is 7.11 Å². The summed E-state index contributed by atoms with van der Waals surface area (Å²) in [6.45, 7) is -0.180. The molecular weight excluding hydrogens is 346 g/mol. The van der Waals surface area contributed by atoms with Crippen LogP contribution in [0.4, 0.5) is 5.69 Å². The molecule has 1 fully saturated rings. The second-order valence-electron chi connectivity index (χ2n) is 6.26. The van der Waals surface area contributed by atoms with Crippen LogP contribution in [0, 0.1) is 0 Å². The van der Waals surface area contributed by atoms with Gasteiger partial charge >= 0.3 is 0 Å². The molecule has 0 spiro atoms. The number of hydrogen-bond donors (Lipinski definition) is 3. The molecule has 0 saturated heterocycles. The van der Waals surface area contributed by atoms with Gasteiger partial charge in [-0.3, -0.25) is 14.4 Å². The first-order chi connectivity index (χ1) is 13.1. The number of carbonyl (C=O) groups is 3. The van der Waals surface area contributed by atoms with Gasteiger partial charge in [0.05, 0.1) is 19.2 Å². The van der Waals surface area contributed by atoms with Crippen molar-refractivity contribution in [2.45, 2.75) is 18.9 Å². The van der Waals surface area contributed by atoms with Crippen molar-refractivity contribution in [3.05, 3.63) is 59.7 Å². The molecule has 0 unspecified atom stereocenters. The van der Waals surface area contributed by atoms with Crippen LogP contribution in [-0.2, 0) is 4.79 Å².